The summed E-state index contributed by atoms with van der Waals surface area (Å²) in [6, 6.07) is 9.73. The average molecular weight is 439 g/mol. The summed E-state index contributed by atoms with van der Waals surface area (Å²) in [5.74, 6) is 0.230. The van der Waals surface area contributed by atoms with Crippen molar-refractivity contribution in [1.29, 1.82) is 0 Å². The van der Waals surface area contributed by atoms with Gasteiger partial charge in [0.05, 0.1) is 26.2 Å². The van der Waals surface area contributed by atoms with Gasteiger partial charge >= 0.3 is 0 Å². The van der Waals surface area contributed by atoms with Gasteiger partial charge in [0, 0.05) is 6.54 Å². The molecule has 2 aromatic carbocycles. The number of nitrogens with zero attached hydrogens (tertiary/aromatic N) is 1. The molecule has 1 amide bonds. The number of methoxy groups -OCH3 is 2. The largest absolute Gasteiger partial charge is 0.493 e. The third-order valence-electron chi connectivity index (χ3n) is 4.54. The summed E-state index contributed by atoms with van der Waals surface area (Å²) in [6.45, 7) is 1.83. The van der Waals surface area contributed by atoms with Crippen molar-refractivity contribution in [3.8, 4) is 11.5 Å². The maximum Gasteiger partial charge on any atom is 0.243 e. The normalized spacial score (nSPS) is 12.2. The molecule has 1 atom stereocenters. The second kappa shape index (κ2) is 10.3. The number of ether oxygens (including phenoxy) is 2. The van der Waals surface area contributed by atoms with Crippen LogP contribution in [0.3, 0.4) is 0 Å². The van der Waals surface area contributed by atoms with Gasteiger partial charge < -0.3 is 14.8 Å². The number of carbonyl (C=O) groups excluding carboxylic acids is 1. The van der Waals surface area contributed by atoms with Gasteiger partial charge in [-0.2, -0.15) is 0 Å². The summed E-state index contributed by atoms with van der Waals surface area (Å²) in [6.07, 6.45) is 2.32. The number of carbonyl (C=O) groups is 1. The highest BCUT2D eigenvalue weighted by atomic mass is 32.2. The van der Waals surface area contributed by atoms with E-state index in [1.807, 2.05) is 18.2 Å². The number of sulfonamides is 1. The molecule has 30 heavy (non-hydrogen) atoms. The molecular weight excluding hydrogens is 411 g/mol. The van der Waals surface area contributed by atoms with E-state index in [0.717, 1.165) is 22.2 Å². The van der Waals surface area contributed by atoms with Crippen molar-refractivity contribution in [3.63, 3.8) is 0 Å². The summed E-state index contributed by atoms with van der Waals surface area (Å²) in [5, 5.41) is 2.75. The molecule has 1 N–H and O–H groups in total. The van der Waals surface area contributed by atoms with Crippen LogP contribution in [-0.2, 0) is 21.2 Å². The van der Waals surface area contributed by atoms with Gasteiger partial charge in [0.1, 0.15) is 11.9 Å². The zero-order valence-corrected chi connectivity index (χ0v) is 18.3. The molecule has 0 bridgehead atoms. The molecule has 7 nitrogen and oxygen atoms in total. The highest BCUT2D eigenvalue weighted by Crippen LogP contribution is 2.28. The second-order valence-corrected chi connectivity index (χ2v) is 8.66. The van der Waals surface area contributed by atoms with Gasteiger partial charge in [-0.05, 0) is 55.7 Å². The lowest BCUT2D eigenvalue weighted by Crippen LogP contribution is -2.48. The van der Waals surface area contributed by atoms with Crippen molar-refractivity contribution in [1.82, 2.24) is 5.32 Å². The summed E-state index contributed by atoms with van der Waals surface area (Å²) in [5.41, 5.74) is 1.12. The molecule has 0 aliphatic heterocycles. The number of rotatable bonds is 10. The monoisotopic (exact) mass is 438 g/mol. The minimum atomic E-state index is -3.79. The van der Waals surface area contributed by atoms with Crippen LogP contribution >= 0.6 is 0 Å². The average Bonchev–Trinajstić information content (AvgIpc) is 2.69. The first-order chi connectivity index (χ1) is 14.2. The summed E-state index contributed by atoms with van der Waals surface area (Å²) >= 11 is 0. The van der Waals surface area contributed by atoms with E-state index in [4.69, 9.17) is 9.47 Å². The molecule has 2 rings (SSSR count). The van der Waals surface area contributed by atoms with E-state index in [0.29, 0.717) is 30.9 Å². The topological polar surface area (TPSA) is 84.9 Å². The second-order valence-electron chi connectivity index (χ2n) is 6.80. The molecule has 0 fully saturated rings. The SMILES string of the molecule is COc1ccc(CCCNC(=O)[C@H](C)N(c2cccc(F)c2)S(C)(=O)=O)cc1OC. The van der Waals surface area contributed by atoms with Crippen molar-refractivity contribution >= 4 is 21.6 Å². The Morgan fingerprint density at radius 1 is 1.13 bits per heavy atom. The Balaban J connectivity index is 1.97. The molecule has 9 heteroatoms. The Morgan fingerprint density at radius 3 is 2.43 bits per heavy atom. The van der Waals surface area contributed by atoms with E-state index in [2.05, 4.69) is 5.32 Å². The number of aryl methyl sites for hydroxylation is 1. The van der Waals surface area contributed by atoms with Gasteiger partial charge in [-0.3, -0.25) is 9.10 Å². The maximum atomic E-state index is 13.6. The van der Waals surface area contributed by atoms with Crippen LogP contribution in [0, 0.1) is 5.82 Å². The molecule has 0 saturated carbocycles. The zero-order chi connectivity index (χ0) is 22.3. The van der Waals surface area contributed by atoms with Crippen LogP contribution in [-0.4, -0.2) is 47.4 Å². The van der Waals surface area contributed by atoms with Gasteiger partial charge in [-0.25, -0.2) is 12.8 Å². The molecule has 0 unspecified atom stereocenters. The van der Waals surface area contributed by atoms with Crippen molar-refractivity contribution in [2.75, 3.05) is 31.3 Å². The Kier molecular flexibility index (Phi) is 8.05. The van der Waals surface area contributed by atoms with E-state index < -0.39 is 27.8 Å². The number of amides is 1. The standard InChI is InChI=1S/C21H27FN2O5S/c1-15(24(30(4,26)27)18-9-5-8-17(22)14-18)21(25)23-12-6-7-16-10-11-19(28-2)20(13-16)29-3/h5,8-11,13-15H,6-7,12H2,1-4H3,(H,23,25)/t15-/m0/s1. The van der Waals surface area contributed by atoms with Gasteiger partial charge in [-0.1, -0.05) is 12.1 Å². The minimum Gasteiger partial charge on any atom is -0.493 e. The van der Waals surface area contributed by atoms with Gasteiger partial charge in [-0.15, -0.1) is 0 Å². The van der Waals surface area contributed by atoms with Crippen molar-refractivity contribution in [2.45, 2.75) is 25.8 Å². The number of halogens is 1. The lowest BCUT2D eigenvalue weighted by molar-refractivity contribution is -0.121. The van der Waals surface area contributed by atoms with Crippen LogP contribution in [0.2, 0.25) is 0 Å². The van der Waals surface area contributed by atoms with Crippen LogP contribution in [0.5, 0.6) is 11.5 Å². The van der Waals surface area contributed by atoms with Gasteiger partial charge in [0.15, 0.2) is 11.5 Å². The fourth-order valence-corrected chi connectivity index (χ4v) is 4.28. The highest BCUT2D eigenvalue weighted by molar-refractivity contribution is 7.92. The fourth-order valence-electron chi connectivity index (χ4n) is 3.11. The predicted molar refractivity (Wildman–Crippen MR) is 114 cm³/mol. The van der Waals surface area contributed by atoms with Crippen LogP contribution in [0.4, 0.5) is 10.1 Å². The van der Waals surface area contributed by atoms with Gasteiger partial charge in [0.25, 0.3) is 0 Å². The summed E-state index contributed by atoms with van der Waals surface area (Å²) in [7, 11) is -0.655. The first kappa shape index (κ1) is 23.5. The fraction of sp³-hybridized carbons (Fsp3) is 0.381. The van der Waals surface area contributed by atoms with Crippen molar-refractivity contribution in [3.05, 3.63) is 53.8 Å². The molecule has 0 spiro atoms. The van der Waals surface area contributed by atoms with Crippen LogP contribution in [0.15, 0.2) is 42.5 Å². The summed E-state index contributed by atoms with van der Waals surface area (Å²) in [4.78, 5) is 12.5. The highest BCUT2D eigenvalue weighted by Gasteiger charge is 2.29. The number of benzene rings is 2. The van der Waals surface area contributed by atoms with E-state index >= 15 is 0 Å². The molecule has 0 aliphatic rings. The van der Waals surface area contributed by atoms with Crippen molar-refractivity contribution < 1.29 is 27.1 Å². The molecule has 2 aromatic rings. The zero-order valence-electron chi connectivity index (χ0n) is 17.5. The van der Waals surface area contributed by atoms with E-state index in [-0.39, 0.29) is 5.69 Å². The molecule has 164 valence electrons. The van der Waals surface area contributed by atoms with Crippen LogP contribution in [0.1, 0.15) is 18.9 Å². The molecular formula is C21H27FN2O5S. The lowest BCUT2D eigenvalue weighted by atomic mass is 10.1. The quantitative estimate of drug-likeness (QED) is 0.577. The summed E-state index contributed by atoms with van der Waals surface area (Å²) < 4.78 is 49.4. The molecule has 0 saturated heterocycles. The Bertz CT molecular complexity index is 981. The third kappa shape index (κ3) is 6.09. The number of nitrogens with one attached hydrogen (secondary N) is 1. The Morgan fingerprint density at radius 2 is 1.83 bits per heavy atom. The number of hydrogen-bond acceptors (Lipinski definition) is 5. The first-order valence-electron chi connectivity index (χ1n) is 9.41. The van der Waals surface area contributed by atoms with Crippen LogP contribution in [0.25, 0.3) is 0 Å². The smallest absolute Gasteiger partial charge is 0.243 e. The van der Waals surface area contributed by atoms with E-state index in [1.54, 1.807) is 14.2 Å². The third-order valence-corrected chi connectivity index (χ3v) is 5.78. The van der Waals surface area contributed by atoms with Crippen molar-refractivity contribution in [2.24, 2.45) is 0 Å². The Hall–Kier alpha value is -2.81. The lowest BCUT2D eigenvalue weighted by Gasteiger charge is -2.28. The van der Waals surface area contributed by atoms with E-state index in [1.165, 1.54) is 25.1 Å². The first-order valence-corrected chi connectivity index (χ1v) is 11.3. The minimum absolute atomic E-state index is 0.102. The molecule has 0 radical (unpaired) electrons. The number of anilines is 1. The van der Waals surface area contributed by atoms with Gasteiger partial charge in [0.2, 0.25) is 15.9 Å². The van der Waals surface area contributed by atoms with Crippen LogP contribution < -0.4 is 19.1 Å². The maximum absolute atomic E-state index is 13.6. The molecule has 0 aromatic heterocycles. The molecule has 0 aliphatic carbocycles. The Labute approximate surface area is 176 Å². The predicted octanol–water partition coefficient (Wildman–Crippen LogP) is 2.75. The van der Waals surface area contributed by atoms with E-state index in [9.17, 15) is 17.6 Å². The molecule has 0 heterocycles. The number of hydrogen-bond donors (Lipinski definition) is 1.